The Morgan fingerprint density at radius 3 is 2.68 bits per heavy atom. The van der Waals surface area contributed by atoms with E-state index in [4.69, 9.17) is 0 Å². The van der Waals surface area contributed by atoms with Gasteiger partial charge in [-0.2, -0.15) is 0 Å². The smallest absolute Gasteiger partial charge is 0.241 e. The molecule has 1 saturated carbocycles. The van der Waals surface area contributed by atoms with Crippen molar-refractivity contribution < 1.29 is 4.39 Å². The fourth-order valence-electron chi connectivity index (χ4n) is 4.60. The lowest BCUT2D eigenvalue weighted by Crippen LogP contribution is -2.47. The van der Waals surface area contributed by atoms with Crippen molar-refractivity contribution in [1.29, 1.82) is 0 Å². The van der Waals surface area contributed by atoms with Gasteiger partial charge in [0.15, 0.2) is 5.82 Å². The molecule has 0 atom stereocenters. The first kappa shape index (κ1) is 19.9. The molecule has 1 aliphatic carbocycles. The van der Waals surface area contributed by atoms with Crippen molar-refractivity contribution in [2.75, 3.05) is 19.4 Å². The topological polar surface area (TPSA) is 63.3 Å². The second kappa shape index (κ2) is 7.30. The third-order valence-corrected chi connectivity index (χ3v) is 6.35. The van der Waals surface area contributed by atoms with Gasteiger partial charge >= 0.3 is 0 Å². The molecule has 0 aliphatic heterocycles. The monoisotopic (exact) mass is 421 g/mol. The molecule has 0 spiro atoms. The van der Waals surface area contributed by atoms with Crippen molar-refractivity contribution in [3.8, 4) is 11.1 Å². The van der Waals surface area contributed by atoms with Gasteiger partial charge < -0.3 is 14.8 Å². The maximum Gasteiger partial charge on any atom is 0.241 e. The van der Waals surface area contributed by atoms with Gasteiger partial charge in [-0.1, -0.05) is 0 Å². The van der Waals surface area contributed by atoms with E-state index in [1.165, 1.54) is 0 Å². The van der Waals surface area contributed by atoms with E-state index in [2.05, 4.69) is 57.8 Å². The van der Waals surface area contributed by atoms with Crippen LogP contribution in [0.3, 0.4) is 0 Å². The number of halogens is 1. The van der Waals surface area contributed by atoms with E-state index in [9.17, 15) is 4.39 Å². The normalized spacial score (nSPS) is 19.0. The van der Waals surface area contributed by atoms with Gasteiger partial charge in [-0.05, 0) is 71.5 Å². The Balaban J connectivity index is 1.48. The molecule has 3 heterocycles. The van der Waals surface area contributed by atoms with E-state index in [0.29, 0.717) is 23.5 Å². The molecular weight excluding hydrogens is 393 g/mol. The number of benzene rings is 1. The number of aryl methyl sites for hydroxylation is 1. The maximum atomic E-state index is 14.9. The summed E-state index contributed by atoms with van der Waals surface area (Å²) in [6, 6.07) is 6.74. The summed E-state index contributed by atoms with van der Waals surface area (Å²) in [5, 5.41) is 8.04. The highest BCUT2D eigenvalue weighted by Gasteiger charge is 2.31. The van der Waals surface area contributed by atoms with Crippen molar-refractivity contribution in [3.05, 3.63) is 42.2 Å². The first-order valence-electron chi connectivity index (χ1n) is 10.8. The zero-order chi connectivity index (χ0) is 21.9. The zero-order valence-electron chi connectivity index (χ0n) is 18.6. The Hall–Kier alpha value is -3.00. The van der Waals surface area contributed by atoms with Crippen molar-refractivity contribution in [2.45, 2.75) is 51.7 Å². The van der Waals surface area contributed by atoms with Crippen molar-refractivity contribution in [3.63, 3.8) is 0 Å². The van der Waals surface area contributed by atoms with Crippen LogP contribution in [0.25, 0.3) is 27.7 Å². The van der Waals surface area contributed by atoms with Crippen LogP contribution in [-0.4, -0.2) is 55.2 Å². The first-order valence-corrected chi connectivity index (χ1v) is 10.8. The number of hydrogen-bond acceptors (Lipinski definition) is 5. The third kappa shape index (κ3) is 3.35. The minimum Gasteiger partial charge on any atom is -0.350 e. The van der Waals surface area contributed by atoms with Gasteiger partial charge in [0.05, 0.1) is 17.2 Å². The van der Waals surface area contributed by atoms with Gasteiger partial charge in [0.25, 0.3) is 0 Å². The van der Waals surface area contributed by atoms with E-state index >= 15 is 0 Å². The number of nitrogens with one attached hydrogen (secondary N) is 1. The van der Waals surface area contributed by atoms with Crippen LogP contribution in [-0.2, 0) is 0 Å². The summed E-state index contributed by atoms with van der Waals surface area (Å²) in [6.45, 7) is 6.08. The Morgan fingerprint density at radius 1 is 1.19 bits per heavy atom. The number of hydrogen-bond donors (Lipinski definition) is 1. The lowest BCUT2D eigenvalue weighted by molar-refractivity contribution is 0.177. The van der Waals surface area contributed by atoms with Crippen molar-refractivity contribution >= 4 is 22.5 Å². The lowest BCUT2D eigenvalue weighted by Gasteiger charge is -2.39. The average Bonchev–Trinajstić information content (AvgIpc) is 3.24. The molecule has 1 aliphatic rings. The maximum absolute atomic E-state index is 14.9. The van der Waals surface area contributed by atoms with Gasteiger partial charge in [-0.3, -0.25) is 0 Å². The molecule has 3 aromatic heterocycles. The van der Waals surface area contributed by atoms with Crippen LogP contribution in [0.1, 0.15) is 38.6 Å². The molecule has 31 heavy (non-hydrogen) atoms. The van der Waals surface area contributed by atoms with Crippen LogP contribution < -0.4 is 5.32 Å². The highest BCUT2D eigenvalue weighted by atomic mass is 19.1. The molecule has 1 N–H and O–H groups in total. The number of anilines is 1. The molecular formula is C23H28FN7. The molecule has 5 rings (SSSR count). The van der Waals surface area contributed by atoms with Crippen molar-refractivity contribution in [1.82, 2.24) is 29.0 Å². The predicted octanol–water partition coefficient (Wildman–Crippen LogP) is 4.28. The number of fused-ring (bicyclic) bond motifs is 2. The van der Waals surface area contributed by atoms with Crippen LogP contribution in [0.4, 0.5) is 10.3 Å². The minimum absolute atomic E-state index is 0.195. The van der Waals surface area contributed by atoms with E-state index in [-0.39, 0.29) is 11.9 Å². The van der Waals surface area contributed by atoms with Gasteiger partial charge in [0.1, 0.15) is 11.3 Å². The molecule has 0 unspecified atom stereocenters. The number of aromatic nitrogens is 5. The largest absolute Gasteiger partial charge is 0.350 e. The summed E-state index contributed by atoms with van der Waals surface area (Å²) < 4.78 is 18.8. The summed E-state index contributed by atoms with van der Waals surface area (Å²) in [5.41, 5.74) is 3.76. The van der Waals surface area contributed by atoms with Crippen LogP contribution in [0.2, 0.25) is 0 Å². The fraction of sp³-hybridized carbons (Fsp3) is 0.435. The molecule has 7 nitrogen and oxygen atoms in total. The second-order valence-corrected chi connectivity index (χ2v) is 9.02. The lowest BCUT2D eigenvalue weighted by atomic mass is 9.86. The third-order valence-electron chi connectivity index (χ3n) is 6.35. The van der Waals surface area contributed by atoms with Gasteiger partial charge in [-0.25, -0.2) is 18.9 Å². The van der Waals surface area contributed by atoms with Gasteiger partial charge in [-0.15, -0.1) is 5.10 Å². The Bertz CT molecular complexity index is 1260. The zero-order valence-corrected chi connectivity index (χ0v) is 18.6. The van der Waals surface area contributed by atoms with E-state index in [1.54, 1.807) is 16.8 Å². The number of rotatable bonds is 5. The quantitative estimate of drug-likeness (QED) is 0.521. The molecule has 8 heteroatoms. The average molecular weight is 422 g/mol. The molecule has 1 aromatic carbocycles. The summed E-state index contributed by atoms with van der Waals surface area (Å²) in [5.74, 6) is 1.12. The first-order chi connectivity index (χ1) is 14.8. The van der Waals surface area contributed by atoms with Crippen LogP contribution >= 0.6 is 0 Å². The van der Waals surface area contributed by atoms with E-state index in [1.807, 2.05) is 25.3 Å². The second-order valence-electron chi connectivity index (χ2n) is 9.02. The molecule has 4 aromatic rings. The number of imidazole rings is 1. The van der Waals surface area contributed by atoms with Crippen LogP contribution in [0.15, 0.2) is 30.6 Å². The summed E-state index contributed by atoms with van der Waals surface area (Å²) >= 11 is 0. The number of nitrogens with zero attached hydrogens (tertiary/aromatic N) is 6. The molecule has 162 valence electrons. The molecule has 0 amide bonds. The molecule has 1 fully saturated rings. The van der Waals surface area contributed by atoms with E-state index in [0.717, 1.165) is 40.8 Å². The SMILES string of the molecule is Cc1nc2c(F)cc(-c3ccn4nc(N[C@H]5C[C@H](N(C)C)C5)ncc34)cc2n1C(C)C. The standard InChI is InChI=1S/C23H28FN7/c1-13(2)31-14(3)26-22-19(24)8-15(9-20(22)31)18-6-7-30-21(18)12-25-23(28-30)27-16-10-17(11-16)29(4)5/h6-9,12-13,16-17H,10-11H2,1-5H3,(H,27,28)/t16-,17-. The molecule has 0 saturated heterocycles. The molecule has 0 radical (unpaired) electrons. The van der Waals surface area contributed by atoms with Crippen molar-refractivity contribution in [2.24, 2.45) is 0 Å². The van der Waals surface area contributed by atoms with Gasteiger partial charge in [0, 0.05) is 29.9 Å². The van der Waals surface area contributed by atoms with Crippen LogP contribution in [0, 0.1) is 12.7 Å². The fourth-order valence-corrected chi connectivity index (χ4v) is 4.60. The summed E-state index contributed by atoms with van der Waals surface area (Å²) in [4.78, 5) is 11.2. The highest BCUT2D eigenvalue weighted by Crippen LogP contribution is 2.32. The van der Waals surface area contributed by atoms with Crippen LogP contribution in [0.5, 0.6) is 0 Å². The predicted molar refractivity (Wildman–Crippen MR) is 121 cm³/mol. The highest BCUT2D eigenvalue weighted by molar-refractivity contribution is 5.88. The van der Waals surface area contributed by atoms with Gasteiger partial charge in [0.2, 0.25) is 5.95 Å². The minimum atomic E-state index is -0.311. The summed E-state index contributed by atoms with van der Waals surface area (Å²) in [6.07, 6.45) is 5.88. The Labute approximate surface area is 180 Å². The Morgan fingerprint density at radius 2 is 1.97 bits per heavy atom. The van der Waals surface area contributed by atoms with E-state index < -0.39 is 0 Å². The summed E-state index contributed by atoms with van der Waals surface area (Å²) in [7, 11) is 4.22. The Kier molecular flexibility index (Phi) is 4.69. The molecule has 0 bridgehead atoms.